The Labute approximate surface area is 132 Å². The standard InChI is InChI=1S/C16H35NO3Si/c1-6-8-10-17(11-9-7-2)14-21(5)19-15(3)12-18-13-16(4)20-21/h15-16H,6-14H2,1-5H3. The zero-order valence-electron chi connectivity index (χ0n) is 14.7. The van der Waals surface area contributed by atoms with Crippen LogP contribution in [0.4, 0.5) is 0 Å². The van der Waals surface area contributed by atoms with Gasteiger partial charge < -0.3 is 18.5 Å². The first-order valence-electron chi connectivity index (χ1n) is 8.64. The first kappa shape index (κ1) is 19.1. The van der Waals surface area contributed by atoms with Gasteiger partial charge in [-0.3, -0.25) is 0 Å². The zero-order chi connectivity index (χ0) is 15.7. The van der Waals surface area contributed by atoms with Crippen LogP contribution in [0.5, 0.6) is 0 Å². The van der Waals surface area contributed by atoms with Gasteiger partial charge in [0.1, 0.15) is 0 Å². The Morgan fingerprint density at radius 2 is 1.43 bits per heavy atom. The fourth-order valence-electron chi connectivity index (χ4n) is 2.86. The SMILES string of the molecule is CCCCN(CCCC)C[Si]1(C)OC(C)COCC(C)O1. The van der Waals surface area contributed by atoms with Gasteiger partial charge in [-0.15, -0.1) is 0 Å². The van der Waals surface area contributed by atoms with E-state index >= 15 is 0 Å². The number of hydrogen-bond acceptors (Lipinski definition) is 4. The lowest BCUT2D eigenvalue weighted by Gasteiger charge is -2.38. The second kappa shape index (κ2) is 9.95. The van der Waals surface area contributed by atoms with E-state index in [4.69, 9.17) is 13.6 Å². The highest BCUT2D eigenvalue weighted by molar-refractivity contribution is 6.66. The first-order valence-corrected chi connectivity index (χ1v) is 11.2. The highest BCUT2D eigenvalue weighted by Gasteiger charge is 2.38. The van der Waals surface area contributed by atoms with Gasteiger partial charge in [0.2, 0.25) is 0 Å². The van der Waals surface area contributed by atoms with Gasteiger partial charge in [-0.25, -0.2) is 0 Å². The molecule has 2 atom stereocenters. The molecule has 1 aliphatic rings. The molecule has 5 heteroatoms. The average molecular weight is 318 g/mol. The van der Waals surface area contributed by atoms with E-state index in [1.165, 1.54) is 25.7 Å². The van der Waals surface area contributed by atoms with Crippen LogP contribution in [-0.4, -0.2) is 58.1 Å². The van der Waals surface area contributed by atoms with E-state index in [1.807, 2.05) is 0 Å². The second-order valence-electron chi connectivity index (χ2n) is 6.51. The maximum Gasteiger partial charge on any atom is 0.350 e. The number of unbranched alkanes of at least 4 members (excludes halogenated alkanes) is 2. The molecule has 0 bridgehead atoms. The fraction of sp³-hybridized carbons (Fsp3) is 1.00. The van der Waals surface area contributed by atoms with Crippen LogP contribution in [0.15, 0.2) is 0 Å². The third kappa shape index (κ3) is 7.75. The molecule has 0 saturated carbocycles. The minimum absolute atomic E-state index is 0.133. The van der Waals surface area contributed by atoms with Crippen LogP contribution >= 0.6 is 0 Å². The van der Waals surface area contributed by atoms with Gasteiger partial charge in [0.05, 0.1) is 25.4 Å². The molecule has 1 fully saturated rings. The van der Waals surface area contributed by atoms with Crippen molar-refractivity contribution >= 4 is 8.56 Å². The van der Waals surface area contributed by atoms with Crippen LogP contribution in [0.3, 0.4) is 0 Å². The number of hydrogen-bond donors (Lipinski definition) is 0. The summed E-state index contributed by atoms with van der Waals surface area (Å²) < 4.78 is 18.2. The Bertz CT molecular complexity index is 258. The zero-order valence-corrected chi connectivity index (χ0v) is 15.7. The molecule has 1 aliphatic heterocycles. The molecule has 21 heavy (non-hydrogen) atoms. The smallest absolute Gasteiger partial charge is 0.350 e. The fourth-order valence-corrected chi connectivity index (χ4v) is 6.03. The largest absolute Gasteiger partial charge is 0.388 e. The topological polar surface area (TPSA) is 30.9 Å². The molecule has 0 aromatic carbocycles. The summed E-state index contributed by atoms with van der Waals surface area (Å²) in [7, 11) is -2.16. The first-order chi connectivity index (χ1) is 9.99. The van der Waals surface area contributed by atoms with E-state index in [-0.39, 0.29) is 12.2 Å². The lowest BCUT2D eigenvalue weighted by molar-refractivity contribution is -0.0400. The van der Waals surface area contributed by atoms with E-state index in [1.54, 1.807) is 0 Å². The molecule has 0 amide bonds. The number of ether oxygens (including phenoxy) is 1. The van der Waals surface area contributed by atoms with E-state index in [0.29, 0.717) is 13.2 Å². The van der Waals surface area contributed by atoms with Gasteiger partial charge >= 0.3 is 8.56 Å². The monoisotopic (exact) mass is 317 g/mol. The molecule has 126 valence electrons. The number of rotatable bonds is 8. The summed E-state index contributed by atoms with van der Waals surface area (Å²) in [5, 5.41) is 0. The maximum atomic E-state index is 6.29. The third-order valence-electron chi connectivity index (χ3n) is 3.77. The van der Waals surface area contributed by atoms with Gasteiger partial charge in [-0.1, -0.05) is 26.7 Å². The van der Waals surface area contributed by atoms with Gasteiger partial charge in [0.25, 0.3) is 0 Å². The van der Waals surface area contributed by atoms with Crippen LogP contribution in [0, 0.1) is 0 Å². The van der Waals surface area contributed by atoms with Gasteiger partial charge in [-0.2, -0.15) is 0 Å². The third-order valence-corrected chi connectivity index (χ3v) is 6.60. The van der Waals surface area contributed by atoms with Gasteiger partial charge in [-0.05, 0) is 46.3 Å². The van der Waals surface area contributed by atoms with Crippen LogP contribution in [0.1, 0.15) is 53.4 Å². The van der Waals surface area contributed by atoms with E-state index in [9.17, 15) is 0 Å². The Kier molecular flexibility index (Phi) is 9.05. The summed E-state index contributed by atoms with van der Waals surface area (Å²) in [6.07, 6.45) is 6.22. The molecule has 1 rings (SSSR count). The normalized spacial score (nSPS) is 31.1. The minimum Gasteiger partial charge on any atom is -0.388 e. The molecule has 1 saturated heterocycles. The molecule has 0 spiro atoms. The molecule has 2 unspecified atom stereocenters. The van der Waals surface area contributed by atoms with Crippen molar-refractivity contribution in [1.29, 1.82) is 0 Å². The van der Waals surface area contributed by atoms with E-state index < -0.39 is 8.56 Å². The summed E-state index contributed by atoms with van der Waals surface area (Å²) in [6.45, 7) is 14.6. The molecule has 4 nitrogen and oxygen atoms in total. The Morgan fingerprint density at radius 1 is 0.952 bits per heavy atom. The van der Waals surface area contributed by atoms with E-state index in [2.05, 4.69) is 39.1 Å². The van der Waals surface area contributed by atoms with Crippen molar-refractivity contribution < 1.29 is 13.6 Å². The minimum atomic E-state index is -2.16. The molecule has 0 N–H and O–H groups in total. The highest BCUT2D eigenvalue weighted by atomic mass is 28.4. The Hall–Kier alpha value is 0.0569. The van der Waals surface area contributed by atoms with Crippen molar-refractivity contribution in [2.75, 3.05) is 32.5 Å². The number of nitrogens with zero attached hydrogens (tertiary/aromatic N) is 1. The molecule has 0 aromatic rings. The van der Waals surface area contributed by atoms with Crippen molar-refractivity contribution in [3.63, 3.8) is 0 Å². The van der Waals surface area contributed by atoms with Crippen molar-refractivity contribution in [1.82, 2.24) is 4.90 Å². The van der Waals surface area contributed by atoms with Crippen molar-refractivity contribution in [3.8, 4) is 0 Å². The molecule has 0 radical (unpaired) electrons. The summed E-state index contributed by atoms with van der Waals surface area (Å²) in [4.78, 5) is 2.56. The summed E-state index contributed by atoms with van der Waals surface area (Å²) in [6, 6.07) is 0. The molecular formula is C16H35NO3Si. The van der Waals surface area contributed by atoms with Gasteiger partial charge in [0.15, 0.2) is 0 Å². The quantitative estimate of drug-likeness (QED) is 0.643. The van der Waals surface area contributed by atoms with Crippen molar-refractivity contribution in [2.45, 2.75) is 72.1 Å². The Balaban J connectivity index is 2.64. The molecule has 1 heterocycles. The summed E-state index contributed by atoms with van der Waals surface area (Å²) in [5.41, 5.74) is 0. The molecule has 0 aliphatic carbocycles. The lowest BCUT2D eigenvalue weighted by Crippen LogP contribution is -2.55. The highest BCUT2D eigenvalue weighted by Crippen LogP contribution is 2.18. The van der Waals surface area contributed by atoms with Crippen LogP contribution in [0.25, 0.3) is 0 Å². The van der Waals surface area contributed by atoms with Crippen LogP contribution < -0.4 is 0 Å². The van der Waals surface area contributed by atoms with Crippen molar-refractivity contribution in [3.05, 3.63) is 0 Å². The molecule has 0 aromatic heterocycles. The lowest BCUT2D eigenvalue weighted by atomic mass is 10.3. The second-order valence-corrected chi connectivity index (χ2v) is 9.57. The molecular weight excluding hydrogens is 282 g/mol. The summed E-state index contributed by atoms with van der Waals surface area (Å²) >= 11 is 0. The van der Waals surface area contributed by atoms with Crippen molar-refractivity contribution in [2.24, 2.45) is 0 Å². The van der Waals surface area contributed by atoms with Gasteiger partial charge in [0, 0.05) is 6.17 Å². The van der Waals surface area contributed by atoms with Crippen LogP contribution in [0.2, 0.25) is 6.55 Å². The van der Waals surface area contributed by atoms with E-state index in [0.717, 1.165) is 19.3 Å². The summed E-state index contributed by atoms with van der Waals surface area (Å²) in [5.74, 6) is 0. The average Bonchev–Trinajstić information content (AvgIpc) is 2.40. The van der Waals surface area contributed by atoms with Crippen LogP contribution in [-0.2, 0) is 13.6 Å². The maximum absolute atomic E-state index is 6.29. The predicted octanol–water partition coefficient (Wildman–Crippen LogP) is 3.34. The Morgan fingerprint density at radius 3 is 1.86 bits per heavy atom. The predicted molar refractivity (Wildman–Crippen MR) is 89.8 cm³/mol.